The lowest BCUT2D eigenvalue weighted by molar-refractivity contribution is -0.612. The number of pyridine rings is 1. The number of nitrogens with zero attached hydrogens (tertiary/aromatic N) is 1. The summed E-state index contributed by atoms with van der Waals surface area (Å²) in [6.45, 7) is 1.71. The molecule has 0 aliphatic carbocycles. The summed E-state index contributed by atoms with van der Waals surface area (Å²) < 4.78 is 5.83. The van der Waals surface area contributed by atoms with Crippen LogP contribution in [-0.2, 0) is 4.79 Å². The predicted molar refractivity (Wildman–Crippen MR) is 91.4 cm³/mol. The molecule has 0 unspecified atom stereocenters. The van der Waals surface area contributed by atoms with Gasteiger partial charge in [-0.25, -0.2) is 0 Å². The van der Waals surface area contributed by atoms with Crippen molar-refractivity contribution in [1.82, 2.24) is 5.32 Å². The summed E-state index contributed by atoms with van der Waals surface area (Å²) in [4.78, 5) is 12.0. The van der Waals surface area contributed by atoms with Crippen molar-refractivity contribution in [2.75, 3.05) is 6.61 Å². The molecule has 0 radical (unpaired) electrons. The Bertz CT molecular complexity index is 864. The van der Waals surface area contributed by atoms with Crippen LogP contribution < -0.4 is 14.8 Å². The van der Waals surface area contributed by atoms with Crippen LogP contribution >= 0.6 is 0 Å². The Kier molecular flexibility index (Phi) is 4.61. The first-order valence-corrected chi connectivity index (χ1v) is 7.72. The Morgan fingerprint density at radius 2 is 1.88 bits per heavy atom. The summed E-state index contributed by atoms with van der Waals surface area (Å²) in [5.41, 5.74) is 1.01. The molecule has 0 saturated heterocycles. The fourth-order valence-corrected chi connectivity index (χ4v) is 2.51. The lowest BCUT2D eigenvalue weighted by atomic mass is 10.0. The summed E-state index contributed by atoms with van der Waals surface area (Å²) in [5, 5.41) is 16.6. The summed E-state index contributed by atoms with van der Waals surface area (Å²) in [6.07, 6.45) is 1.32. The second-order valence-corrected chi connectivity index (χ2v) is 5.55. The van der Waals surface area contributed by atoms with Gasteiger partial charge in [-0.05, 0) is 35.4 Å². The van der Waals surface area contributed by atoms with Gasteiger partial charge in [-0.1, -0.05) is 36.4 Å². The van der Waals surface area contributed by atoms with Crippen LogP contribution in [0.2, 0.25) is 0 Å². The van der Waals surface area contributed by atoms with Crippen molar-refractivity contribution in [3.63, 3.8) is 0 Å². The molecule has 122 valence electrons. The van der Waals surface area contributed by atoms with E-state index in [-0.39, 0.29) is 24.4 Å². The third kappa shape index (κ3) is 3.63. The van der Waals surface area contributed by atoms with Gasteiger partial charge in [0.15, 0.2) is 12.8 Å². The van der Waals surface area contributed by atoms with Crippen LogP contribution in [-0.4, -0.2) is 12.5 Å². The molecule has 24 heavy (non-hydrogen) atoms. The summed E-state index contributed by atoms with van der Waals surface area (Å²) in [7, 11) is 0. The molecule has 0 spiro atoms. The van der Waals surface area contributed by atoms with E-state index < -0.39 is 0 Å². The largest absolute Gasteiger partial charge is 0.616 e. The SMILES string of the molecule is C[C@@H](NC(=O)COc1cccc[n+]1[O-])c1ccc2ccccc2c1. The van der Waals surface area contributed by atoms with Crippen molar-refractivity contribution in [2.24, 2.45) is 0 Å². The van der Waals surface area contributed by atoms with Gasteiger partial charge >= 0.3 is 5.88 Å². The number of aromatic nitrogens is 1. The molecule has 0 bridgehead atoms. The quantitative estimate of drug-likeness (QED) is 0.580. The van der Waals surface area contributed by atoms with E-state index in [2.05, 4.69) is 11.4 Å². The van der Waals surface area contributed by atoms with Crippen LogP contribution in [0.5, 0.6) is 5.88 Å². The number of nitrogens with one attached hydrogen (secondary N) is 1. The predicted octanol–water partition coefficient (Wildman–Crippen LogP) is 2.73. The molecule has 0 fully saturated rings. The van der Waals surface area contributed by atoms with E-state index in [1.807, 2.05) is 43.3 Å². The first kappa shape index (κ1) is 15.8. The Morgan fingerprint density at radius 1 is 1.12 bits per heavy atom. The molecule has 5 heteroatoms. The fraction of sp³-hybridized carbons (Fsp3) is 0.158. The highest BCUT2D eigenvalue weighted by atomic mass is 16.6. The lowest BCUT2D eigenvalue weighted by Gasteiger charge is -2.15. The number of hydrogen-bond donors (Lipinski definition) is 1. The molecule has 1 amide bonds. The second kappa shape index (κ2) is 7.00. The van der Waals surface area contributed by atoms with Crippen LogP contribution in [0, 0.1) is 5.21 Å². The second-order valence-electron chi connectivity index (χ2n) is 5.55. The Hall–Kier alpha value is -3.08. The summed E-state index contributed by atoms with van der Waals surface area (Å²) in [6, 6.07) is 18.8. The summed E-state index contributed by atoms with van der Waals surface area (Å²) in [5.74, 6) is -0.175. The van der Waals surface area contributed by atoms with Crippen LogP contribution in [0.15, 0.2) is 66.9 Å². The first-order valence-electron chi connectivity index (χ1n) is 7.72. The smallest absolute Gasteiger partial charge is 0.379 e. The van der Waals surface area contributed by atoms with Gasteiger partial charge in [-0.3, -0.25) is 4.79 Å². The number of rotatable bonds is 5. The zero-order chi connectivity index (χ0) is 16.9. The molecule has 1 heterocycles. The average Bonchev–Trinajstić information content (AvgIpc) is 2.60. The van der Waals surface area contributed by atoms with E-state index in [9.17, 15) is 10.0 Å². The van der Waals surface area contributed by atoms with Gasteiger partial charge in [-0.2, -0.15) is 0 Å². The molecule has 0 aliphatic rings. The lowest BCUT2D eigenvalue weighted by Crippen LogP contribution is -2.34. The zero-order valence-corrected chi connectivity index (χ0v) is 13.3. The van der Waals surface area contributed by atoms with Gasteiger partial charge in [0.2, 0.25) is 0 Å². The molecule has 0 saturated carbocycles. The molecule has 3 rings (SSSR count). The average molecular weight is 322 g/mol. The Labute approximate surface area is 140 Å². The number of benzene rings is 2. The van der Waals surface area contributed by atoms with Gasteiger partial charge in [-0.15, -0.1) is 4.73 Å². The van der Waals surface area contributed by atoms with Crippen LogP contribution in [0.1, 0.15) is 18.5 Å². The summed E-state index contributed by atoms with van der Waals surface area (Å²) >= 11 is 0. The van der Waals surface area contributed by atoms with E-state index >= 15 is 0 Å². The van der Waals surface area contributed by atoms with Gasteiger partial charge in [0.25, 0.3) is 5.91 Å². The van der Waals surface area contributed by atoms with Crippen LogP contribution in [0.4, 0.5) is 0 Å². The molecule has 1 N–H and O–H groups in total. The number of amides is 1. The van der Waals surface area contributed by atoms with Crippen molar-refractivity contribution in [2.45, 2.75) is 13.0 Å². The maximum atomic E-state index is 12.0. The van der Waals surface area contributed by atoms with Gasteiger partial charge in [0, 0.05) is 6.07 Å². The number of carbonyl (C=O) groups excluding carboxylic acids is 1. The van der Waals surface area contributed by atoms with E-state index in [0.717, 1.165) is 16.3 Å². The van der Waals surface area contributed by atoms with Crippen molar-refractivity contribution in [1.29, 1.82) is 0 Å². The first-order chi connectivity index (χ1) is 11.6. The normalized spacial score (nSPS) is 11.9. The molecule has 2 aromatic carbocycles. The molecule has 1 atom stereocenters. The van der Waals surface area contributed by atoms with Crippen molar-refractivity contribution in [3.8, 4) is 5.88 Å². The number of ether oxygens (including phenoxy) is 1. The van der Waals surface area contributed by atoms with E-state index in [0.29, 0.717) is 4.73 Å². The minimum absolute atomic E-state index is 0.103. The minimum atomic E-state index is -0.278. The highest BCUT2D eigenvalue weighted by Crippen LogP contribution is 2.20. The highest BCUT2D eigenvalue weighted by Gasteiger charge is 2.12. The Morgan fingerprint density at radius 3 is 2.67 bits per heavy atom. The topological polar surface area (TPSA) is 65.3 Å². The maximum absolute atomic E-state index is 12.0. The third-order valence-electron chi connectivity index (χ3n) is 3.79. The van der Waals surface area contributed by atoms with E-state index in [1.54, 1.807) is 12.1 Å². The highest BCUT2D eigenvalue weighted by molar-refractivity contribution is 5.83. The minimum Gasteiger partial charge on any atom is -0.616 e. The zero-order valence-electron chi connectivity index (χ0n) is 13.3. The van der Waals surface area contributed by atoms with Crippen LogP contribution in [0.3, 0.4) is 0 Å². The van der Waals surface area contributed by atoms with Crippen molar-refractivity contribution in [3.05, 3.63) is 77.6 Å². The van der Waals surface area contributed by atoms with Gasteiger partial charge < -0.3 is 15.3 Å². The standard InChI is InChI=1S/C19H18N2O3/c1-14(16-10-9-15-6-2-3-7-17(15)12-16)20-18(22)13-24-19-8-4-5-11-21(19)23/h2-12,14H,13H2,1H3,(H,20,22)/t14-/m1/s1. The molecule has 1 aromatic heterocycles. The number of carbonyl (C=O) groups is 1. The fourth-order valence-electron chi connectivity index (χ4n) is 2.51. The Balaban J connectivity index is 1.61. The number of fused-ring (bicyclic) bond motifs is 1. The molecular formula is C19H18N2O3. The molecule has 0 aliphatic heterocycles. The van der Waals surface area contributed by atoms with E-state index in [4.69, 9.17) is 4.74 Å². The molecular weight excluding hydrogens is 304 g/mol. The third-order valence-corrected chi connectivity index (χ3v) is 3.79. The maximum Gasteiger partial charge on any atom is 0.379 e. The van der Waals surface area contributed by atoms with Gasteiger partial charge in [0.1, 0.15) is 0 Å². The monoisotopic (exact) mass is 322 g/mol. The van der Waals surface area contributed by atoms with Crippen molar-refractivity contribution < 1.29 is 14.3 Å². The van der Waals surface area contributed by atoms with Crippen LogP contribution in [0.25, 0.3) is 10.8 Å². The van der Waals surface area contributed by atoms with Gasteiger partial charge in [0.05, 0.1) is 12.1 Å². The van der Waals surface area contributed by atoms with E-state index in [1.165, 1.54) is 12.3 Å². The number of hydrogen-bond acceptors (Lipinski definition) is 3. The molecule has 3 aromatic rings. The molecule has 5 nitrogen and oxygen atoms in total. The van der Waals surface area contributed by atoms with Crippen molar-refractivity contribution >= 4 is 16.7 Å².